The molecule has 3 rings (SSSR count). The first kappa shape index (κ1) is 20.5. The van der Waals surface area contributed by atoms with Crippen molar-refractivity contribution in [1.29, 1.82) is 0 Å². The number of para-hydroxylation sites is 1. The van der Waals surface area contributed by atoms with Gasteiger partial charge in [-0.3, -0.25) is 19.6 Å². The summed E-state index contributed by atoms with van der Waals surface area (Å²) < 4.78 is 28.4. The number of anilines is 2. The number of halogens is 1. The molecule has 0 saturated carbocycles. The molecule has 0 aliphatic rings. The average Bonchev–Trinajstić information content (AvgIpc) is 2.68. The summed E-state index contributed by atoms with van der Waals surface area (Å²) in [6, 6.07) is 17.6. The number of carbonyl (C=O) groups is 1. The summed E-state index contributed by atoms with van der Waals surface area (Å²) in [4.78, 5) is 23.0. The molecule has 10 heteroatoms. The summed E-state index contributed by atoms with van der Waals surface area (Å²) in [6.45, 7) is 0. The van der Waals surface area contributed by atoms with E-state index in [1.165, 1.54) is 48.5 Å². The van der Waals surface area contributed by atoms with E-state index in [0.29, 0.717) is 0 Å². The summed E-state index contributed by atoms with van der Waals surface area (Å²) in [5.41, 5.74) is 0.194. The molecule has 0 aliphatic heterocycles. The van der Waals surface area contributed by atoms with Gasteiger partial charge in [-0.05, 0) is 42.5 Å². The lowest BCUT2D eigenvalue weighted by molar-refractivity contribution is -0.384. The number of benzene rings is 3. The molecule has 2 N–H and O–H groups in total. The van der Waals surface area contributed by atoms with Crippen LogP contribution in [0.25, 0.3) is 0 Å². The van der Waals surface area contributed by atoms with E-state index in [2.05, 4.69) is 26.0 Å². The van der Waals surface area contributed by atoms with Crippen LogP contribution in [0.15, 0.2) is 82.2 Å². The zero-order valence-corrected chi connectivity index (χ0v) is 17.1. The molecule has 0 bridgehead atoms. The van der Waals surface area contributed by atoms with Crippen molar-refractivity contribution in [2.45, 2.75) is 4.90 Å². The molecule has 0 radical (unpaired) electrons. The van der Waals surface area contributed by atoms with Crippen LogP contribution in [-0.2, 0) is 10.0 Å². The van der Waals surface area contributed by atoms with Crippen molar-refractivity contribution in [2.75, 3.05) is 10.0 Å². The summed E-state index contributed by atoms with van der Waals surface area (Å²) in [7, 11) is -3.92. The smallest absolute Gasteiger partial charge is 0.271 e. The lowest BCUT2D eigenvalue weighted by Crippen LogP contribution is -2.18. The fraction of sp³-hybridized carbons (Fsp3) is 0. The Hall–Kier alpha value is -3.24. The zero-order chi connectivity index (χ0) is 21.0. The topological polar surface area (TPSA) is 118 Å². The van der Waals surface area contributed by atoms with Crippen molar-refractivity contribution in [1.82, 2.24) is 0 Å². The maximum Gasteiger partial charge on any atom is 0.271 e. The van der Waals surface area contributed by atoms with Crippen LogP contribution in [0.5, 0.6) is 0 Å². The molecule has 0 atom stereocenters. The van der Waals surface area contributed by atoms with Crippen LogP contribution < -0.4 is 10.0 Å². The number of hydrogen-bond acceptors (Lipinski definition) is 5. The summed E-state index contributed by atoms with van der Waals surface area (Å²) >= 11 is 3.24. The van der Waals surface area contributed by atoms with Gasteiger partial charge in [0.25, 0.3) is 21.6 Å². The van der Waals surface area contributed by atoms with Gasteiger partial charge in [0.1, 0.15) is 0 Å². The number of hydrogen-bond donors (Lipinski definition) is 2. The van der Waals surface area contributed by atoms with Crippen molar-refractivity contribution in [2.24, 2.45) is 0 Å². The van der Waals surface area contributed by atoms with Crippen molar-refractivity contribution in [3.63, 3.8) is 0 Å². The van der Waals surface area contributed by atoms with Gasteiger partial charge in [-0.1, -0.05) is 34.1 Å². The monoisotopic (exact) mass is 475 g/mol. The molecular weight excluding hydrogens is 462 g/mol. The molecule has 0 aliphatic carbocycles. The van der Waals surface area contributed by atoms with Gasteiger partial charge in [0.05, 0.1) is 21.1 Å². The van der Waals surface area contributed by atoms with Crippen molar-refractivity contribution in [3.05, 3.63) is 92.9 Å². The lowest BCUT2D eigenvalue weighted by Gasteiger charge is -2.13. The first-order valence-corrected chi connectivity index (χ1v) is 10.5. The van der Waals surface area contributed by atoms with Crippen LogP contribution in [0.4, 0.5) is 17.1 Å². The first-order chi connectivity index (χ1) is 13.8. The van der Waals surface area contributed by atoms with E-state index in [1.807, 2.05) is 0 Å². The molecule has 0 heterocycles. The summed E-state index contributed by atoms with van der Waals surface area (Å²) in [5.74, 6) is -0.611. The number of nitro benzene ring substituents is 1. The highest BCUT2D eigenvalue weighted by atomic mass is 79.9. The highest BCUT2D eigenvalue weighted by Gasteiger charge is 2.19. The van der Waals surface area contributed by atoms with E-state index in [-0.39, 0.29) is 27.5 Å². The zero-order valence-electron chi connectivity index (χ0n) is 14.7. The van der Waals surface area contributed by atoms with Crippen LogP contribution >= 0.6 is 15.9 Å². The minimum absolute atomic E-state index is 0.0367. The second-order valence-corrected chi connectivity index (χ2v) is 8.46. The number of sulfonamides is 1. The predicted octanol–water partition coefficient (Wildman–Crippen LogP) is 4.41. The molecule has 1 amide bonds. The van der Waals surface area contributed by atoms with Crippen LogP contribution in [0.3, 0.4) is 0 Å². The Kier molecular flexibility index (Phi) is 5.95. The van der Waals surface area contributed by atoms with Crippen molar-refractivity contribution >= 4 is 48.9 Å². The number of non-ortho nitro benzene ring substituents is 1. The Morgan fingerprint density at radius 3 is 2.34 bits per heavy atom. The molecular formula is C19H14BrN3O5S. The molecule has 0 aromatic heterocycles. The Bertz CT molecular complexity index is 1180. The Balaban J connectivity index is 1.87. The quantitative estimate of drug-likeness (QED) is 0.404. The van der Waals surface area contributed by atoms with E-state index in [4.69, 9.17) is 0 Å². The molecule has 0 fully saturated rings. The summed E-state index contributed by atoms with van der Waals surface area (Å²) in [6.07, 6.45) is 0. The normalized spacial score (nSPS) is 10.9. The standard InChI is InChI=1S/C19H14BrN3O5S/c20-13-8-10-16(11-9-13)29(27,28)22-18-7-2-1-6-17(18)19(24)21-14-4-3-5-15(12-14)23(25)26/h1-12,22H,(H,21,24). The third kappa shape index (κ3) is 4.98. The minimum atomic E-state index is -3.92. The van der Waals surface area contributed by atoms with Crippen LogP contribution in [0, 0.1) is 10.1 Å². The predicted molar refractivity (Wildman–Crippen MR) is 112 cm³/mol. The van der Waals surface area contributed by atoms with Gasteiger partial charge in [0, 0.05) is 22.3 Å². The first-order valence-electron chi connectivity index (χ1n) is 8.19. The second kappa shape index (κ2) is 8.41. The number of rotatable bonds is 6. The Labute approximate surface area is 174 Å². The SMILES string of the molecule is O=C(Nc1cccc([N+](=O)[O-])c1)c1ccccc1NS(=O)(=O)c1ccc(Br)cc1. The molecule has 3 aromatic carbocycles. The van der Waals surface area contributed by atoms with E-state index >= 15 is 0 Å². The van der Waals surface area contributed by atoms with Crippen LogP contribution in [-0.4, -0.2) is 19.2 Å². The van der Waals surface area contributed by atoms with Crippen molar-refractivity contribution < 1.29 is 18.1 Å². The van der Waals surface area contributed by atoms with E-state index in [0.717, 1.165) is 4.47 Å². The number of nitrogens with zero attached hydrogens (tertiary/aromatic N) is 1. The highest BCUT2D eigenvalue weighted by Crippen LogP contribution is 2.23. The molecule has 0 saturated heterocycles. The molecule has 0 unspecified atom stereocenters. The van der Waals surface area contributed by atoms with Gasteiger partial charge in [0.15, 0.2) is 0 Å². The molecule has 0 spiro atoms. The molecule has 8 nitrogen and oxygen atoms in total. The van der Waals surface area contributed by atoms with Gasteiger partial charge in [-0.2, -0.15) is 0 Å². The van der Waals surface area contributed by atoms with Crippen LogP contribution in [0.1, 0.15) is 10.4 Å². The Morgan fingerprint density at radius 1 is 0.966 bits per heavy atom. The van der Waals surface area contributed by atoms with Crippen molar-refractivity contribution in [3.8, 4) is 0 Å². The van der Waals surface area contributed by atoms with E-state index in [1.54, 1.807) is 24.3 Å². The second-order valence-electron chi connectivity index (χ2n) is 5.87. The average molecular weight is 476 g/mol. The highest BCUT2D eigenvalue weighted by molar-refractivity contribution is 9.10. The molecule has 3 aromatic rings. The molecule has 148 valence electrons. The number of nitro groups is 1. The molecule has 29 heavy (non-hydrogen) atoms. The lowest BCUT2D eigenvalue weighted by atomic mass is 10.1. The number of nitrogens with one attached hydrogen (secondary N) is 2. The van der Waals surface area contributed by atoms with Gasteiger partial charge in [0.2, 0.25) is 0 Å². The van der Waals surface area contributed by atoms with Gasteiger partial charge < -0.3 is 5.32 Å². The third-order valence-electron chi connectivity index (χ3n) is 3.85. The number of amides is 1. The van der Waals surface area contributed by atoms with E-state index in [9.17, 15) is 23.3 Å². The maximum atomic E-state index is 12.7. The largest absolute Gasteiger partial charge is 0.322 e. The van der Waals surface area contributed by atoms with Crippen LogP contribution in [0.2, 0.25) is 0 Å². The maximum absolute atomic E-state index is 12.7. The number of carbonyl (C=O) groups excluding carboxylic acids is 1. The Morgan fingerprint density at radius 2 is 1.66 bits per heavy atom. The van der Waals surface area contributed by atoms with E-state index < -0.39 is 20.9 Å². The van der Waals surface area contributed by atoms with Gasteiger partial charge in [-0.25, -0.2) is 8.42 Å². The third-order valence-corrected chi connectivity index (χ3v) is 5.76. The van der Waals surface area contributed by atoms with Gasteiger partial charge in [-0.15, -0.1) is 0 Å². The summed E-state index contributed by atoms with van der Waals surface area (Å²) in [5, 5.41) is 13.4. The van der Waals surface area contributed by atoms with Gasteiger partial charge >= 0.3 is 0 Å². The minimum Gasteiger partial charge on any atom is -0.322 e. The fourth-order valence-electron chi connectivity index (χ4n) is 2.48. The fourth-order valence-corrected chi connectivity index (χ4v) is 3.83.